The van der Waals surface area contributed by atoms with Gasteiger partial charge in [0, 0.05) is 43.0 Å². The third kappa shape index (κ3) is 4.84. The van der Waals surface area contributed by atoms with Crippen LogP contribution in [0.25, 0.3) is 0 Å². The van der Waals surface area contributed by atoms with Gasteiger partial charge in [-0.2, -0.15) is 0 Å². The van der Waals surface area contributed by atoms with E-state index in [9.17, 15) is 4.79 Å². The van der Waals surface area contributed by atoms with Crippen LogP contribution in [0.3, 0.4) is 0 Å². The molecule has 0 radical (unpaired) electrons. The molecule has 19 heavy (non-hydrogen) atoms. The molecule has 2 aromatic rings. The fourth-order valence-electron chi connectivity index (χ4n) is 1.46. The zero-order valence-corrected chi connectivity index (χ0v) is 12.1. The highest BCUT2D eigenvalue weighted by Gasteiger charge is 2.11. The zero-order chi connectivity index (χ0) is 13.5. The molecule has 0 bridgehead atoms. The average Bonchev–Trinajstić information content (AvgIpc) is 3.01. The molecule has 0 saturated carbocycles. The van der Waals surface area contributed by atoms with Crippen molar-refractivity contribution in [3.8, 4) is 0 Å². The van der Waals surface area contributed by atoms with E-state index in [1.54, 1.807) is 12.4 Å². The maximum absolute atomic E-state index is 10.9. The summed E-state index contributed by atoms with van der Waals surface area (Å²) in [4.78, 5) is 19.3. The molecule has 0 aliphatic rings. The lowest BCUT2D eigenvalue weighted by molar-refractivity contribution is -0.118. The number of rotatable bonds is 7. The number of aromatic nitrogens is 2. The van der Waals surface area contributed by atoms with Crippen LogP contribution in [0.4, 0.5) is 10.3 Å². The molecule has 1 amide bonds. The number of carbonyl (C=O) groups excluding carboxylic acids is 1. The minimum Gasteiger partial charge on any atom is -0.356 e. The van der Waals surface area contributed by atoms with E-state index < -0.39 is 0 Å². The predicted molar refractivity (Wildman–Crippen MR) is 78.6 cm³/mol. The molecular formula is C11H15N5OS2. The third-order valence-electron chi connectivity index (χ3n) is 2.27. The van der Waals surface area contributed by atoms with Gasteiger partial charge >= 0.3 is 0 Å². The van der Waals surface area contributed by atoms with E-state index >= 15 is 0 Å². The summed E-state index contributed by atoms with van der Waals surface area (Å²) in [5.74, 6) is -0.0257. The van der Waals surface area contributed by atoms with Gasteiger partial charge in [0.25, 0.3) is 0 Å². The normalized spacial score (nSPS) is 10.4. The van der Waals surface area contributed by atoms with E-state index in [0.717, 1.165) is 16.7 Å². The van der Waals surface area contributed by atoms with Crippen LogP contribution in [-0.2, 0) is 4.79 Å². The second-order valence-corrected chi connectivity index (χ2v) is 5.58. The molecule has 0 saturated heterocycles. The monoisotopic (exact) mass is 297 g/mol. The Morgan fingerprint density at radius 1 is 1.21 bits per heavy atom. The highest BCUT2D eigenvalue weighted by Crippen LogP contribution is 2.16. The molecule has 0 spiro atoms. The first-order valence-electron chi connectivity index (χ1n) is 5.80. The summed E-state index contributed by atoms with van der Waals surface area (Å²) in [6, 6.07) is 0. The van der Waals surface area contributed by atoms with Crippen LogP contribution in [0.2, 0.25) is 0 Å². The number of nitrogens with zero attached hydrogens (tertiary/aromatic N) is 2. The van der Waals surface area contributed by atoms with Crippen LogP contribution in [0.1, 0.15) is 13.3 Å². The number of carbonyl (C=O) groups is 1. The zero-order valence-electron chi connectivity index (χ0n) is 10.4. The fourth-order valence-corrected chi connectivity index (χ4v) is 2.63. The van der Waals surface area contributed by atoms with Crippen LogP contribution in [0.5, 0.6) is 0 Å². The summed E-state index contributed by atoms with van der Waals surface area (Å²) in [7, 11) is 0. The van der Waals surface area contributed by atoms with Crippen molar-refractivity contribution in [2.24, 2.45) is 0 Å². The topological polar surface area (TPSA) is 78.9 Å². The van der Waals surface area contributed by atoms with Gasteiger partial charge < -0.3 is 16.0 Å². The van der Waals surface area contributed by atoms with Crippen molar-refractivity contribution < 1.29 is 4.79 Å². The van der Waals surface area contributed by atoms with Gasteiger partial charge in [-0.3, -0.25) is 4.79 Å². The molecule has 2 heterocycles. The summed E-state index contributed by atoms with van der Waals surface area (Å²) in [5.41, 5.74) is 0. The first-order chi connectivity index (χ1) is 9.24. The molecule has 102 valence electrons. The Labute approximate surface area is 119 Å². The van der Waals surface area contributed by atoms with Gasteiger partial charge in [0.15, 0.2) is 10.3 Å². The van der Waals surface area contributed by atoms with Crippen LogP contribution in [0, 0.1) is 0 Å². The Bertz CT molecular complexity index is 449. The standard InChI is InChI=1S/C11H15N5OS2/c1-8(17)12-3-2-9(15-10-13-4-6-18-10)16-11-14-5-7-19-11/h4-7,9H,2-3H2,1H3,(H,12,17)(H,13,15)(H,14,16). The average molecular weight is 297 g/mol. The molecule has 0 aliphatic heterocycles. The Balaban J connectivity index is 1.90. The highest BCUT2D eigenvalue weighted by atomic mass is 32.1. The number of hydrogen-bond donors (Lipinski definition) is 3. The van der Waals surface area contributed by atoms with E-state index in [1.807, 2.05) is 10.8 Å². The van der Waals surface area contributed by atoms with Gasteiger partial charge in [-0.25, -0.2) is 9.97 Å². The van der Waals surface area contributed by atoms with Crippen LogP contribution >= 0.6 is 22.7 Å². The van der Waals surface area contributed by atoms with Crippen molar-refractivity contribution >= 4 is 38.8 Å². The molecule has 8 heteroatoms. The summed E-state index contributed by atoms with van der Waals surface area (Å²) in [6.45, 7) is 2.11. The Hall–Kier alpha value is -1.67. The van der Waals surface area contributed by atoms with Gasteiger partial charge in [-0.15, -0.1) is 22.7 Å². The lowest BCUT2D eigenvalue weighted by atomic mass is 10.3. The van der Waals surface area contributed by atoms with Gasteiger partial charge in [0.2, 0.25) is 5.91 Å². The fraction of sp³-hybridized carbons (Fsp3) is 0.364. The van der Waals surface area contributed by atoms with Crippen LogP contribution < -0.4 is 16.0 Å². The second-order valence-electron chi connectivity index (χ2n) is 3.79. The highest BCUT2D eigenvalue weighted by molar-refractivity contribution is 7.14. The molecule has 0 fully saturated rings. The molecule has 2 aromatic heterocycles. The Morgan fingerprint density at radius 2 is 1.79 bits per heavy atom. The van der Waals surface area contributed by atoms with Crippen molar-refractivity contribution in [2.45, 2.75) is 19.5 Å². The van der Waals surface area contributed by atoms with Crippen molar-refractivity contribution in [2.75, 3.05) is 17.2 Å². The summed E-state index contributed by atoms with van der Waals surface area (Å²) in [6.07, 6.45) is 4.21. The number of thiazole rings is 2. The summed E-state index contributed by atoms with van der Waals surface area (Å²) >= 11 is 3.07. The first kappa shape index (κ1) is 13.8. The molecule has 2 rings (SSSR count). The van der Waals surface area contributed by atoms with Crippen molar-refractivity contribution in [1.29, 1.82) is 0 Å². The molecule has 3 N–H and O–H groups in total. The van der Waals surface area contributed by atoms with Crippen molar-refractivity contribution in [3.05, 3.63) is 23.2 Å². The smallest absolute Gasteiger partial charge is 0.216 e. The number of amides is 1. The Morgan fingerprint density at radius 3 is 2.21 bits per heavy atom. The van der Waals surface area contributed by atoms with E-state index in [2.05, 4.69) is 25.9 Å². The molecule has 0 unspecified atom stereocenters. The van der Waals surface area contributed by atoms with Crippen molar-refractivity contribution in [1.82, 2.24) is 15.3 Å². The number of nitrogens with one attached hydrogen (secondary N) is 3. The van der Waals surface area contributed by atoms with Gasteiger partial charge in [0.05, 0.1) is 0 Å². The third-order valence-corrected chi connectivity index (χ3v) is 3.68. The van der Waals surface area contributed by atoms with Gasteiger partial charge in [-0.05, 0) is 0 Å². The van der Waals surface area contributed by atoms with E-state index in [0.29, 0.717) is 6.54 Å². The minimum atomic E-state index is -0.0257. The van der Waals surface area contributed by atoms with E-state index in [-0.39, 0.29) is 12.1 Å². The number of anilines is 2. The second kappa shape index (κ2) is 7.05. The molecular weight excluding hydrogens is 282 g/mol. The molecule has 6 nitrogen and oxygen atoms in total. The SMILES string of the molecule is CC(=O)NCCC(Nc1nccs1)Nc1nccs1. The quantitative estimate of drug-likeness (QED) is 0.681. The van der Waals surface area contributed by atoms with Crippen LogP contribution in [0.15, 0.2) is 23.2 Å². The van der Waals surface area contributed by atoms with Gasteiger partial charge in [-0.1, -0.05) is 0 Å². The lowest BCUT2D eigenvalue weighted by Gasteiger charge is -2.19. The molecule has 0 atom stereocenters. The summed E-state index contributed by atoms with van der Waals surface area (Å²) in [5, 5.41) is 14.9. The first-order valence-corrected chi connectivity index (χ1v) is 7.56. The van der Waals surface area contributed by atoms with Crippen LogP contribution in [-0.4, -0.2) is 28.6 Å². The molecule has 0 aliphatic carbocycles. The minimum absolute atomic E-state index is 0.0239. The van der Waals surface area contributed by atoms with E-state index in [1.165, 1.54) is 29.6 Å². The predicted octanol–water partition coefficient (Wildman–Crippen LogP) is 1.98. The number of hydrogen-bond acceptors (Lipinski definition) is 7. The largest absolute Gasteiger partial charge is 0.356 e. The maximum atomic E-state index is 10.9. The van der Waals surface area contributed by atoms with Gasteiger partial charge in [0.1, 0.15) is 6.17 Å². The lowest BCUT2D eigenvalue weighted by Crippen LogP contribution is -2.33. The summed E-state index contributed by atoms with van der Waals surface area (Å²) < 4.78 is 0. The van der Waals surface area contributed by atoms with E-state index in [4.69, 9.17) is 0 Å². The maximum Gasteiger partial charge on any atom is 0.216 e. The molecule has 0 aromatic carbocycles. The van der Waals surface area contributed by atoms with Crippen molar-refractivity contribution in [3.63, 3.8) is 0 Å². The Kier molecular flexibility index (Phi) is 5.10.